The van der Waals surface area contributed by atoms with Crippen LogP contribution in [0.25, 0.3) is 27.8 Å². The molecule has 7 nitrogen and oxygen atoms in total. The van der Waals surface area contributed by atoms with Gasteiger partial charge in [-0.05, 0) is 47.5 Å². The number of halogens is 1. The van der Waals surface area contributed by atoms with Crippen LogP contribution in [-0.4, -0.2) is 18.8 Å². The van der Waals surface area contributed by atoms with Crippen LogP contribution in [0.5, 0.6) is 5.75 Å². The molecule has 0 spiro atoms. The number of phenols is 1. The maximum Gasteiger partial charge on any atom is 0.331 e. The van der Waals surface area contributed by atoms with E-state index < -0.39 is 11.7 Å². The summed E-state index contributed by atoms with van der Waals surface area (Å²) < 4.78 is 4.71. The first-order valence-corrected chi connectivity index (χ1v) is 11.5. The van der Waals surface area contributed by atoms with Crippen molar-refractivity contribution in [2.45, 2.75) is 6.04 Å². The molecule has 0 amide bonds. The van der Waals surface area contributed by atoms with Crippen LogP contribution in [-0.2, 0) is 14.1 Å². The molecule has 0 saturated heterocycles. The van der Waals surface area contributed by atoms with E-state index in [1.807, 2.05) is 42.5 Å². The van der Waals surface area contributed by atoms with Crippen LogP contribution in [0.3, 0.4) is 0 Å². The summed E-state index contributed by atoms with van der Waals surface area (Å²) in [6, 6.07) is 21.7. The highest BCUT2D eigenvalue weighted by Gasteiger charge is 2.34. The van der Waals surface area contributed by atoms with Gasteiger partial charge < -0.3 is 15.0 Å². The van der Waals surface area contributed by atoms with E-state index in [0.29, 0.717) is 21.6 Å². The number of aromatic nitrogens is 3. The molecule has 0 fully saturated rings. The summed E-state index contributed by atoms with van der Waals surface area (Å²) in [6.07, 6.45) is 0. The third-order valence-corrected chi connectivity index (χ3v) is 6.90. The number of para-hydroxylation sites is 2. The Morgan fingerprint density at radius 3 is 2.40 bits per heavy atom. The maximum absolute atomic E-state index is 13.6. The van der Waals surface area contributed by atoms with Gasteiger partial charge in [0, 0.05) is 19.1 Å². The normalized spacial score (nSPS) is 14.4. The van der Waals surface area contributed by atoms with E-state index in [4.69, 9.17) is 11.6 Å². The molecule has 3 aromatic carbocycles. The minimum atomic E-state index is -0.432. The smallest absolute Gasteiger partial charge is 0.331 e. The third-order valence-electron chi connectivity index (χ3n) is 6.65. The Kier molecular flexibility index (Phi) is 4.66. The number of aryl methyl sites for hydroxylation is 1. The molecular weight excluding hydrogens is 464 g/mol. The van der Waals surface area contributed by atoms with Crippen molar-refractivity contribution in [1.29, 1.82) is 0 Å². The summed E-state index contributed by atoms with van der Waals surface area (Å²) in [5.41, 5.74) is 4.50. The Hall–Kier alpha value is -4.23. The lowest BCUT2D eigenvalue weighted by Crippen LogP contribution is -2.37. The summed E-state index contributed by atoms with van der Waals surface area (Å²) in [7, 11) is 3.17. The van der Waals surface area contributed by atoms with Gasteiger partial charge in [-0.15, -0.1) is 0 Å². The molecule has 174 valence electrons. The van der Waals surface area contributed by atoms with E-state index in [1.54, 1.807) is 37.4 Å². The lowest BCUT2D eigenvalue weighted by molar-refractivity contribution is 0.474. The SMILES string of the molecule is Cn1c(=O)c2c(-c3ccc(Cl)cc3)n3c(c2n(C)c1=O)C(c1cccc(O)c1)Nc1ccccc1-3. The van der Waals surface area contributed by atoms with Crippen LogP contribution in [0.2, 0.25) is 5.02 Å². The lowest BCUT2D eigenvalue weighted by Gasteiger charge is -2.31. The molecule has 8 heteroatoms. The molecule has 5 aromatic rings. The van der Waals surface area contributed by atoms with E-state index in [0.717, 1.165) is 32.8 Å². The van der Waals surface area contributed by atoms with E-state index >= 15 is 0 Å². The molecule has 1 unspecified atom stereocenters. The van der Waals surface area contributed by atoms with Crippen LogP contribution in [0.1, 0.15) is 17.3 Å². The summed E-state index contributed by atoms with van der Waals surface area (Å²) in [5.74, 6) is 0.133. The molecule has 0 aliphatic carbocycles. The lowest BCUT2D eigenvalue weighted by atomic mass is 9.99. The second-order valence-corrected chi connectivity index (χ2v) is 9.13. The van der Waals surface area contributed by atoms with Crippen LogP contribution in [0.15, 0.2) is 82.4 Å². The molecule has 35 heavy (non-hydrogen) atoms. The zero-order valence-corrected chi connectivity index (χ0v) is 19.7. The summed E-state index contributed by atoms with van der Waals surface area (Å²) >= 11 is 6.18. The second kappa shape index (κ2) is 7.65. The number of benzene rings is 3. The van der Waals surface area contributed by atoms with Crippen molar-refractivity contribution in [2.24, 2.45) is 14.1 Å². The highest BCUT2D eigenvalue weighted by atomic mass is 35.5. The zero-order chi connectivity index (χ0) is 24.4. The number of nitrogens with one attached hydrogen (secondary N) is 1. The predicted octanol–water partition coefficient (Wildman–Crippen LogP) is 4.57. The Morgan fingerprint density at radius 1 is 0.914 bits per heavy atom. The van der Waals surface area contributed by atoms with Crippen molar-refractivity contribution >= 4 is 28.2 Å². The predicted molar refractivity (Wildman–Crippen MR) is 138 cm³/mol. The summed E-state index contributed by atoms with van der Waals surface area (Å²) in [4.78, 5) is 26.7. The van der Waals surface area contributed by atoms with Crippen molar-refractivity contribution in [3.8, 4) is 22.7 Å². The topological polar surface area (TPSA) is 81.2 Å². The number of hydrogen-bond donors (Lipinski definition) is 2. The van der Waals surface area contributed by atoms with Crippen molar-refractivity contribution in [3.05, 3.63) is 110 Å². The van der Waals surface area contributed by atoms with Crippen LogP contribution < -0.4 is 16.6 Å². The summed E-state index contributed by atoms with van der Waals surface area (Å²) in [5, 5.41) is 14.8. The van der Waals surface area contributed by atoms with Gasteiger partial charge in [0.2, 0.25) is 0 Å². The zero-order valence-electron chi connectivity index (χ0n) is 19.0. The number of anilines is 1. The van der Waals surface area contributed by atoms with Crippen LogP contribution in [0, 0.1) is 0 Å². The standard InChI is InChI=1S/C27H21ClN4O3/c1-30-24-21(26(34)31(2)27(30)35)23(15-10-12-17(28)13-11-15)32-20-9-4-3-8-19(20)29-22(25(24)32)16-6-5-7-18(33)14-16/h3-14,22,29,33H,1-2H3. The Morgan fingerprint density at radius 2 is 1.66 bits per heavy atom. The second-order valence-electron chi connectivity index (χ2n) is 8.70. The van der Waals surface area contributed by atoms with Gasteiger partial charge >= 0.3 is 5.69 Å². The molecular formula is C27H21ClN4O3. The first-order valence-electron chi connectivity index (χ1n) is 11.1. The van der Waals surface area contributed by atoms with Crippen molar-refractivity contribution in [2.75, 3.05) is 5.32 Å². The molecule has 1 aliphatic rings. The molecule has 1 atom stereocenters. The highest BCUT2D eigenvalue weighted by Crippen LogP contribution is 2.45. The first kappa shape index (κ1) is 21.3. The Balaban J connectivity index is 1.86. The average molecular weight is 485 g/mol. The Bertz CT molecular complexity index is 1760. The molecule has 3 heterocycles. The number of fused-ring (bicyclic) bond motifs is 5. The van der Waals surface area contributed by atoms with Crippen LogP contribution in [0.4, 0.5) is 5.69 Å². The number of nitrogens with zero attached hydrogens (tertiary/aromatic N) is 3. The van der Waals surface area contributed by atoms with Gasteiger partial charge in [0.15, 0.2) is 0 Å². The van der Waals surface area contributed by atoms with E-state index in [2.05, 4.69) is 9.88 Å². The minimum absolute atomic E-state index is 0.133. The molecule has 0 radical (unpaired) electrons. The monoisotopic (exact) mass is 484 g/mol. The Labute approximate surface area is 205 Å². The molecule has 0 saturated carbocycles. The molecule has 0 bridgehead atoms. The van der Waals surface area contributed by atoms with Crippen LogP contribution >= 0.6 is 11.6 Å². The van der Waals surface area contributed by atoms with Gasteiger partial charge in [0.25, 0.3) is 5.56 Å². The fourth-order valence-electron chi connectivity index (χ4n) is 5.05. The summed E-state index contributed by atoms with van der Waals surface area (Å²) in [6.45, 7) is 0. The van der Waals surface area contributed by atoms with Gasteiger partial charge in [-0.1, -0.05) is 48.0 Å². The van der Waals surface area contributed by atoms with Gasteiger partial charge in [0.1, 0.15) is 5.75 Å². The molecule has 2 N–H and O–H groups in total. The molecule has 1 aliphatic heterocycles. The third kappa shape index (κ3) is 3.05. The highest BCUT2D eigenvalue weighted by molar-refractivity contribution is 6.30. The largest absolute Gasteiger partial charge is 0.508 e. The fourth-order valence-corrected chi connectivity index (χ4v) is 5.18. The van der Waals surface area contributed by atoms with E-state index in [9.17, 15) is 14.7 Å². The van der Waals surface area contributed by atoms with Gasteiger partial charge in [-0.3, -0.25) is 13.9 Å². The van der Waals surface area contributed by atoms with Crippen molar-refractivity contribution in [3.63, 3.8) is 0 Å². The molecule has 2 aromatic heterocycles. The van der Waals surface area contributed by atoms with E-state index in [-0.39, 0.29) is 11.3 Å². The average Bonchev–Trinajstić information content (AvgIpc) is 3.23. The van der Waals surface area contributed by atoms with Gasteiger partial charge in [-0.2, -0.15) is 0 Å². The van der Waals surface area contributed by atoms with Crippen molar-refractivity contribution in [1.82, 2.24) is 13.7 Å². The number of aromatic hydroxyl groups is 1. The van der Waals surface area contributed by atoms with Crippen molar-refractivity contribution < 1.29 is 5.11 Å². The minimum Gasteiger partial charge on any atom is -0.508 e. The first-order chi connectivity index (χ1) is 16.9. The fraction of sp³-hybridized carbons (Fsp3) is 0.111. The van der Waals surface area contributed by atoms with Gasteiger partial charge in [0.05, 0.1) is 39.7 Å². The molecule has 6 rings (SSSR count). The van der Waals surface area contributed by atoms with E-state index in [1.165, 1.54) is 11.6 Å². The number of hydrogen-bond acceptors (Lipinski definition) is 4. The quantitative estimate of drug-likeness (QED) is 0.384. The van der Waals surface area contributed by atoms with Gasteiger partial charge in [-0.25, -0.2) is 4.79 Å². The maximum atomic E-state index is 13.6. The number of rotatable bonds is 2. The number of phenolic OH excluding ortho intramolecular Hbond substituents is 1.